The van der Waals surface area contributed by atoms with Gasteiger partial charge in [-0.1, -0.05) is 6.92 Å². The predicted octanol–water partition coefficient (Wildman–Crippen LogP) is 3.38. The highest BCUT2D eigenvalue weighted by atomic mass is 35.5. The summed E-state index contributed by atoms with van der Waals surface area (Å²) in [5.41, 5.74) is 0. The van der Waals surface area contributed by atoms with E-state index in [4.69, 9.17) is 23.2 Å². The molecule has 2 atom stereocenters. The van der Waals surface area contributed by atoms with E-state index < -0.39 is 22.3 Å². The van der Waals surface area contributed by atoms with Gasteiger partial charge < -0.3 is 0 Å². The fraction of sp³-hybridized carbons (Fsp3) is 1.00. The van der Waals surface area contributed by atoms with Gasteiger partial charge in [0.25, 0.3) is 0 Å². The highest BCUT2D eigenvalue weighted by Crippen LogP contribution is 2.59. The molecule has 1 aliphatic carbocycles. The molecule has 0 amide bonds. The zero-order chi connectivity index (χ0) is 8.86. The summed E-state index contributed by atoms with van der Waals surface area (Å²) in [6, 6.07) is 0. The van der Waals surface area contributed by atoms with Crippen LogP contribution in [0.2, 0.25) is 0 Å². The molecule has 1 aliphatic rings. The Morgan fingerprint density at radius 1 is 1.45 bits per heavy atom. The number of rotatable bonds is 1. The lowest BCUT2D eigenvalue weighted by atomic mass is 10.1. The maximum atomic E-state index is 12.0. The molecule has 5 heteroatoms. The van der Waals surface area contributed by atoms with Crippen molar-refractivity contribution in [2.75, 3.05) is 0 Å². The highest BCUT2D eigenvalue weighted by molar-refractivity contribution is 6.50. The van der Waals surface area contributed by atoms with Gasteiger partial charge in [-0.25, -0.2) is 0 Å². The van der Waals surface area contributed by atoms with E-state index in [1.807, 2.05) is 0 Å². The maximum absolute atomic E-state index is 12.0. The average Bonchev–Trinajstić information content (AvgIpc) is 2.36. The van der Waals surface area contributed by atoms with E-state index in [9.17, 15) is 13.2 Å². The first-order valence-electron chi connectivity index (χ1n) is 3.19. The molecule has 0 bridgehead atoms. The molecule has 0 aromatic rings. The summed E-state index contributed by atoms with van der Waals surface area (Å²) in [4.78, 5) is 0. The number of halogens is 5. The Morgan fingerprint density at radius 3 is 1.91 bits per heavy atom. The van der Waals surface area contributed by atoms with E-state index in [-0.39, 0.29) is 6.42 Å². The molecule has 0 aromatic carbocycles. The Labute approximate surface area is 72.7 Å². The molecular weight excluding hydrogens is 200 g/mol. The minimum absolute atomic E-state index is 0.247. The van der Waals surface area contributed by atoms with Crippen molar-refractivity contribution in [3.05, 3.63) is 0 Å². The zero-order valence-electron chi connectivity index (χ0n) is 5.75. The maximum Gasteiger partial charge on any atom is 0.391 e. The quantitative estimate of drug-likeness (QED) is 0.578. The van der Waals surface area contributed by atoms with Crippen molar-refractivity contribution in [2.45, 2.75) is 23.9 Å². The van der Waals surface area contributed by atoms with Gasteiger partial charge in [-0.2, -0.15) is 13.2 Å². The average molecular weight is 207 g/mol. The monoisotopic (exact) mass is 206 g/mol. The second-order valence-corrected chi connectivity index (χ2v) is 4.44. The summed E-state index contributed by atoms with van der Waals surface area (Å²) < 4.78 is 34.8. The molecule has 0 radical (unpaired) electrons. The number of hydrogen-bond acceptors (Lipinski definition) is 0. The SMILES string of the molecule is CC(C1CC1(Cl)Cl)C(F)(F)F. The number of alkyl halides is 5. The van der Waals surface area contributed by atoms with Crippen LogP contribution >= 0.6 is 23.2 Å². The van der Waals surface area contributed by atoms with E-state index in [0.717, 1.165) is 6.92 Å². The van der Waals surface area contributed by atoms with E-state index in [0.29, 0.717) is 0 Å². The lowest BCUT2D eigenvalue weighted by molar-refractivity contribution is -0.175. The van der Waals surface area contributed by atoms with Crippen LogP contribution in [0.5, 0.6) is 0 Å². The summed E-state index contributed by atoms with van der Waals surface area (Å²) in [5, 5.41) is 0. The van der Waals surface area contributed by atoms with Crippen molar-refractivity contribution in [3.8, 4) is 0 Å². The third-order valence-electron chi connectivity index (χ3n) is 1.99. The molecule has 1 saturated carbocycles. The smallest absolute Gasteiger partial charge is 0.171 e. The van der Waals surface area contributed by atoms with Gasteiger partial charge >= 0.3 is 6.18 Å². The molecule has 1 rings (SSSR count). The van der Waals surface area contributed by atoms with Crippen molar-refractivity contribution in [1.82, 2.24) is 0 Å². The van der Waals surface area contributed by atoms with Crippen LogP contribution in [0.15, 0.2) is 0 Å². The number of hydrogen-bond donors (Lipinski definition) is 0. The van der Waals surface area contributed by atoms with Gasteiger partial charge in [0.05, 0.1) is 5.92 Å². The third kappa shape index (κ3) is 1.94. The summed E-state index contributed by atoms with van der Waals surface area (Å²) in [7, 11) is 0. The van der Waals surface area contributed by atoms with E-state index in [1.165, 1.54) is 0 Å². The van der Waals surface area contributed by atoms with Crippen LogP contribution in [0.1, 0.15) is 13.3 Å². The molecule has 0 nitrogen and oxygen atoms in total. The fourth-order valence-corrected chi connectivity index (χ4v) is 1.72. The first-order chi connectivity index (χ1) is 4.75. The second kappa shape index (κ2) is 2.43. The molecule has 2 unspecified atom stereocenters. The van der Waals surface area contributed by atoms with Crippen molar-refractivity contribution in [3.63, 3.8) is 0 Å². The van der Waals surface area contributed by atoms with Gasteiger partial charge in [0.15, 0.2) is 0 Å². The topological polar surface area (TPSA) is 0 Å². The van der Waals surface area contributed by atoms with Crippen LogP contribution in [0.3, 0.4) is 0 Å². The van der Waals surface area contributed by atoms with Crippen LogP contribution in [-0.4, -0.2) is 10.5 Å². The van der Waals surface area contributed by atoms with E-state index >= 15 is 0 Å². The standard InChI is InChI=1S/C6H7Cl2F3/c1-3(6(9,10)11)4-2-5(4,7)8/h3-4H,2H2,1H3. The first kappa shape index (κ1) is 9.46. The normalized spacial score (nSPS) is 31.6. The molecule has 66 valence electrons. The molecule has 0 N–H and O–H groups in total. The van der Waals surface area contributed by atoms with Crippen LogP contribution in [0.4, 0.5) is 13.2 Å². The van der Waals surface area contributed by atoms with Gasteiger partial charge in [-0.15, -0.1) is 23.2 Å². The van der Waals surface area contributed by atoms with Crippen LogP contribution in [0, 0.1) is 11.8 Å². The Balaban J connectivity index is 2.52. The lowest BCUT2D eigenvalue weighted by Crippen LogP contribution is -2.23. The van der Waals surface area contributed by atoms with Gasteiger partial charge in [-0.3, -0.25) is 0 Å². The summed E-state index contributed by atoms with van der Waals surface area (Å²) >= 11 is 10.9. The summed E-state index contributed by atoms with van der Waals surface area (Å²) in [5.74, 6) is -2.01. The minimum Gasteiger partial charge on any atom is -0.171 e. The van der Waals surface area contributed by atoms with Gasteiger partial charge in [0.2, 0.25) is 0 Å². The van der Waals surface area contributed by atoms with Gasteiger partial charge in [-0.05, 0) is 6.42 Å². The van der Waals surface area contributed by atoms with Gasteiger partial charge in [0, 0.05) is 5.92 Å². The molecule has 0 saturated heterocycles. The molecular formula is C6H7Cl2F3. The Bertz CT molecular complexity index is 164. The summed E-state index contributed by atoms with van der Waals surface area (Å²) in [6.07, 6.45) is -3.92. The van der Waals surface area contributed by atoms with Crippen molar-refractivity contribution in [2.24, 2.45) is 11.8 Å². The molecule has 0 heterocycles. The van der Waals surface area contributed by atoms with Crippen LogP contribution < -0.4 is 0 Å². The summed E-state index contributed by atoms with van der Waals surface area (Å²) in [6.45, 7) is 1.11. The Hall–Kier alpha value is 0.370. The largest absolute Gasteiger partial charge is 0.391 e. The molecule has 11 heavy (non-hydrogen) atoms. The second-order valence-electron chi connectivity index (χ2n) is 2.90. The predicted molar refractivity (Wildman–Crippen MR) is 37.8 cm³/mol. The molecule has 1 fully saturated rings. The van der Waals surface area contributed by atoms with Crippen LogP contribution in [0.25, 0.3) is 0 Å². The molecule has 0 aliphatic heterocycles. The fourth-order valence-electron chi connectivity index (χ4n) is 1.00. The Morgan fingerprint density at radius 2 is 1.82 bits per heavy atom. The van der Waals surface area contributed by atoms with Crippen molar-refractivity contribution >= 4 is 23.2 Å². The van der Waals surface area contributed by atoms with Crippen LogP contribution in [-0.2, 0) is 0 Å². The minimum atomic E-state index is -4.17. The third-order valence-corrected chi connectivity index (χ3v) is 2.86. The van der Waals surface area contributed by atoms with Gasteiger partial charge in [0.1, 0.15) is 4.33 Å². The van der Waals surface area contributed by atoms with E-state index in [1.54, 1.807) is 0 Å². The van der Waals surface area contributed by atoms with E-state index in [2.05, 4.69) is 0 Å². The van der Waals surface area contributed by atoms with Crippen molar-refractivity contribution in [1.29, 1.82) is 0 Å². The zero-order valence-corrected chi connectivity index (χ0v) is 7.26. The molecule has 0 aromatic heterocycles. The first-order valence-corrected chi connectivity index (χ1v) is 3.95. The molecule has 0 spiro atoms. The Kier molecular flexibility index (Phi) is 2.09. The highest BCUT2D eigenvalue weighted by Gasteiger charge is 2.60. The van der Waals surface area contributed by atoms with Crippen molar-refractivity contribution < 1.29 is 13.2 Å². The lowest BCUT2D eigenvalue weighted by Gasteiger charge is -2.15.